The molecule has 0 aliphatic carbocycles. The number of ether oxygens (including phenoxy) is 1. The molecule has 10 heteroatoms. The van der Waals surface area contributed by atoms with Gasteiger partial charge in [-0.3, -0.25) is 18.7 Å². The Balaban J connectivity index is 1.75. The average Bonchev–Trinajstić information content (AvgIpc) is 3.28. The fraction of sp³-hybridized carbons (Fsp3) is 0.143. The summed E-state index contributed by atoms with van der Waals surface area (Å²) in [6, 6.07) is 11.7. The number of aromatic nitrogens is 3. The van der Waals surface area contributed by atoms with Crippen molar-refractivity contribution in [3.05, 3.63) is 84.8 Å². The highest BCUT2D eigenvalue weighted by Gasteiger charge is 2.17. The summed E-state index contributed by atoms with van der Waals surface area (Å²) >= 11 is 7.46. The molecular weight excluding hydrogens is 440 g/mol. The van der Waals surface area contributed by atoms with Crippen molar-refractivity contribution in [1.29, 1.82) is 0 Å². The van der Waals surface area contributed by atoms with E-state index in [4.69, 9.17) is 16.3 Å². The Kier molecular flexibility index (Phi) is 5.88. The van der Waals surface area contributed by atoms with E-state index in [9.17, 15) is 14.4 Å². The number of benzene rings is 1. The van der Waals surface area contributed by atoms with Crippen LogP contribution in [-0.4, -0.2) is 27.1 Å². The van der Waals surface area contributed by atoms with Gasteiger partial charge < -0.3 is 10.1 Å². The lowest BCUT2D eigenvalue weighted by Crippen LogP contribution is -2.42. The van der Waals surface area contributed by atoms with Crippen molar-refractivity contribution in [1.82, 2.24) is 14.1 Å². The smallest absolute Gasteiger partial charge is 0.333 e. The molecular formula is C21H17ClN4O4S. The van der Waals surface area contributed by atoms with Crippen LogP contribution < -0.4 is 21.3 Å². The molecule has 0 radical (unpaired) electrons. The number of carbonyl (C=O) groups excluding carboxylic acids is 1. The van der Waals surface area contributed by atoms with Crippen LogP contribution in [0.25, 0.3) is 11.0 Å². The number of hydrogen-bond donors (Lipinski definition) is 1. The largest absolute Gasteiger partial charge is 0.495 e. The van der Waals surface area contributed by atoms with Crippen molar-refractivity contribution in [3.8, 4) is 5.75 Å². The summed E-state index contributed by atoms with van der Waals surface area (Å²) in [6.45, 7) is -0.226. The third-order valence-electron chi connectivity index (χ3n) is 4.61. The molecule has 0 aliphatic rings. The molecule has 0 spiro atoms. The van der Waals surface area contributed by atoms with Crippen LogP contribution in [0.2, 0.25) is 5.02 Å². The molecule has 0 saturated carbocycles. The Hall–Kier alpha value is -3.43. The molecule has 8 nitrogen and oxygen atoms in total. The maximum atomic E-state index is 13.2. The molecule has 1 aromatic carbocycles. The van der Waals surface area contributed by atoms with E-state index in [2.05, 4.69) is 10.3 Å². The molecule has 158 valence electrons. The van der Waals surface area contributed by atoms with Crippen molar-refractivity contribution in [2.75, 3.05) is 12.4 Å². The molecule has 0 fully saturated rings. The first-order valence-corrected chi connectivity index (χ1v) is 10.5. The van der Waals surface area contributed by atoms with E-state index in [0.29, 0.717) is 16.5 Å². The number of rotatable bonds is 6. The zero-order valence-electron chi connectivity index (χ0n) is 16.4. The number of pyridine rings is 1. The summed E-state index contributed by atoms with van der Waals surface area (Å²) < 4.78 is 7.55. The Morgan fingerprint density at radius 2 is 2.03 bits per heavy atom. The van der Waals surface area contributed by atoms with Gasteiger partial charge in [0, 0.05) is 16.1 Å². The zero-order valence-corrected chi connectivity index (χ0v) is 17.9. The predicted octanol–water partition coefficient (Wildman–Crippen LogP) is 2.97. The van der Waals surface area contributed by atoms with E-state index in [1.807, 2.05) is 17.5 Å². The van der Waals surface area contributed by atoms with Gasteiger partial charge in [-0.2, -0.15) is 0 Å². The molecule has 0 saturated heterocycles. The van der Waals surface area contributed by atoms with Crippen LogP contribution in [0, 0.1) is 0 Å². The van der Waals surface area contributed by atoms with Gasteiger partial charge in [0.2, 0.25) is 5.91 Å². The SMILES string of the molecule is COc1ccc(Cl)cc1NC(=O)Cn1c(=O)n(Cc2cccs2)c(=O)c2cccnc21. The van der Waals surface area contributed by atoms with Gasteiger partial charge in [-0.25, -0.2) is 9.78 Å². The molecule has 31 heavy (non-hydrogen) atoms. The number of nitrogens with one attached hydrogen (secondary N) is 1. The first-order chi connectivity index (χ1) is 15.0. The number of anilines is 1. The van der Waals surface area contributed by atoms with Gasteiger partial charge in [0.05, 0.1) is 24.7 Å². The Bertz CT molecular complexity index is 1380. The van der Waals surface area contributed by atoms with Crippen LogP contribution in [0.15, 0.2) is 63.6 Å². The maximum absolute atomic E-state index is 13.2. The summed E-state index contributed by atoms with van der Waals surface area (Å²) in [7, 11) is 1.47. The van der Waals surface area contributed by atoms with E-state index in [1.54, 1.807) is 30.3 Å². The van der Waals surface area contributed by atoms with Crippen LogP contribution in [0.3, 0.4) is 0 Å². The third-order valence-corrected chi connectivity index (χ3v) is 5.71. The standard InChI is InChI=1S/C21H17ClN4O4S/c1-30-17-7-6-13(22)10-16(17)24-18(27)12-25-19-15(5-2-8-23-19)20(28)26(21(25)29)11-14-4-3-9-31-14/h2-10H,11-12H2,1H3,(H,24,27). The summed E-state index contributed by atoms with van der Waals surface area (Å²) in [5.41, 5.74) is -0.544. The van der Waals surface area contributed by atoms with Crippen LogP contribution in [0.1, 0.15) is 4.88 Å². The zero-order chi connectivity index (χ0) is 22.0. The third kappa shape index (κ3) is 4.23. The Morgan fingerprint density at radius 3 is 2.77 bits per heavy atom. The minimum absolute atomic E-state index is 0.115. The fourth-order valence-electron chi connectivity index (χ4n) is 3.20. The van der Waals surface area contributed by atoms with Gasteiger partial charge >= 0.3 is 5.69 Å². The number of amides is 1. The summed E-state index contributed by atoms with van der Waals surface area (Å²) in [5.74, 6) is -0.0633. The number of nitrogens with zero attached hydrogens (tertiary/aromatic N) is 3. The number of hydrogen-bond acceptors (Lipinski definition) is 6. The highest BCUT2D eigenvalue weighted by atomic mass is 35.5. The van der Waals surface area contributed by atoms with Gasteiger partial charge in [0.1, 0.15) is 17.9 Å². The second-order valence-electron chi connectivity index (χ2n) is 6.61. The predicted molar refractivity (Wildman–Crippen MR) is 120 cm³/mol. The Morgan fingerprint density at radius 1 is 1.19 bits per heavy atom. The lowest BCUT2D eigenvalue weighted by molar-refractivity contribution is -0.116. The lowest BCUT2D eigenvalue weighted by atomic mass is 10.3. The highest BCUT2D eigenvalue weighted by molar-refractivity contribution is 7.09. The molecule has 0 atom stereocenters. The number of thiophene rings is 1. The minimum atomic E-state index is -0.613. The van der Waals surface area contributed by atoms with Crippen LogP contribution in [0.5, 0.6) is 5.75 Å². The second kappa shape index (κ2) is 8.75. The number of carbonyl (C=O) groups is 1. The first kappa shape index (κ1) is 20.8. The van der Waals surface area contributed by atoms with Gasteiger partial charge in [-0.05, 0) is 41.8 Å². The monoisotopic (exact) mass is 456 g/mol. The van der Waals surface area contributed by atoms with E-state index >= 15 is 0 Å². The van der Waals surface area contributed by atoms with Crippen molar-refractivity contribution in [2.45, 2.75) is 13.1 Å². The molecule has 3 heterocycles. The molecule has 3 aromatic heterocycles. The summed E-state index contributed by atoms with van der Waals surface area (Å²) in [4.78, 5) is 43.9. The van der Waals surface area contributed by atoms with Crippen molar-refractivity contribution >= 4 is 45.6 Å². The van der Waals surface area contributed by atoms with Crippen molar-refractivity contribution in [3.63, 3.8) is 0 Å². The van der Waals surface area contributed by atoms with Gasteiger partial charge in [0.25, 0.3) is 5.56 Å². The van der Waals surface area contributed by atoms with Gasteiger partial charge in [0.15, 0.2) is 0 Å². The molecule has 0 unspecified atom stereocenters. The van der Waals surface area contributed by atoms with E-state index in [0.717, 1.165) is 9.44 Å². The lowest BCUT2D eigenvalue weighted by Gasteiger charge is -2.14. The fourth-order valence-corrected chi connectivity index (χ4v) is 4.06. The average molecular weight is 457 g/mol. The number of fused-ring (bicyclic) bond motifs is 1. The second-order valence-corrected chi connectivity index (χ2v) is 8.08. The molecule has 1 N–H and O–H groups in total. The Labute approximate surface area is 185 Å². The topological polar surface area (TPSA) is 95.2 Å². The first-order valence-electron chi connectivity index (χ1n) is 9.22. The van der Waals surface area contributed by atoms with E-state index in [1.165, 1.54) is 29.2 Å². The van der Waals surface area contributed by atoms with Crippen LogP contribution in [-0.2, 0) is 17.9 Å². The number of halogens is 1. The van der Waals surface area contributed by atoms with Crippen molar-refractivity contribution < 1.29 is 9.53 Å². The maximum Gasteiger partial charge on any atom is 0.333 e. The highest BCUT2D eigenvalue weighted by Crippen LogP contribution is 2.27. The van der Waals surface area contributed by atoms with Gasteiger partial charge in [-0.1, -0.05) is 17.7 Å². The minimum Gasteiger partial charge on any atom is -0.495 e. The molecule has 4 aromatic rings. The molecule has 1 amide bonds. The van der Waals surface area contributed by atoms with Crippen LogP contribution in [0.4, 0.5) is 5.69 Å². The quantitative estimate of drug-likeness (QED) is 0.481. The number of methoxy groups -OCH3 is 1. The molecule has 4 rings (SSSR count). The van der Waals surface area contributed by atoms with E-state index in [-0.39, 0.29) is 24.1 Å². The summed E-state index contributed by atoms with van der Waals surface area (Å²) in [6.07, 6.45) is 1.47. The van der Waals surface area contributed by atoms with Gasteiger partial charge in [-0.15, -0.1) is 11.3 Å². The molecule has 0 aliphatic heterocycles. The normalized spacial score (nSPS) is 10.9. The van der Waals surface area contributed by atoms with Crippen molar-refractivity contribution in [2.24, 2.45) is 0 Å². The molecule has 0 bridgehead atoms. The summed E-state index contributed by atoms with van der Waals surface area (Å²) in [5, 5.41) is 5.25. The van der Waals surface area contributed by atoms with Crippen LogP contribution >= 0.6 is 22.9 Å². The van der Waals surface area contributed by atoms with E-state index < -0.39 is 17.2 Å².